The lowest BCUT2D eigenvalue weighted by molar-refractivity contribution is -0.385. The Hall–Kier alpha value is -3.81. The summed E-state index contributed by atoms with van der Waals surface area (Å²) in [5, 5.41) is 14.9. The van der Waals surface area contributed by atoms with Crippen LogP contribution in [-0.2, 0) is 12.8 Å². The molecule has 1 unspecified atom stereocenters. The molecule has 0 amide bonds. The van der Waals surface area contributed by atoms with Gasteiger partial charge in [-0.15, -0.1) is 4.91 Å². The van der Waals surface area contributed by atoms with Gasteiger partial charge in [-0.05, 0) is 53.8 Å². The van der Waals surface area contributed by atoms with Crippen LogP contribution in [0.15, 0.2) is 66.1 Å². The smallest absolute Gasteiger partial charge is 0.272 e. The third kappa shape index (κ3) is 4.43. The Labute approximate surface area is 173 Å². The maximum atomic E-state index is 11.7. The second-order valence-electron chi connectivity index (χ2n) is 6.58. The van der Waals surface area contributed by atoms with E-state index in [0.29, 0.717) is 41.0 Å². The van der Waals surface area contributed by atoms with Gasteiger partial charge in [-0.2, -0.15) is 0 Å². The second kappa shape index (κ2) is 9.60. The predicted molar refractivity (Wildman–Crippen MR) is 112 cm³/mol. The Balaban J connectivity index is 1.99. The Morgan fingerprint density at radius 2 is 1.77 bits per heavy atom. The number of benzene rings is 2. The van der Waals surface area contributed by atoms with Crippen molar-refractivity contribution in [3.8, 4) is 11.5 Å². The summed E-state index contributed by atoms with van der Waals surface area (Å²) in [6, 6.07) is 12.8. The van der Waals surface area contributed by atoms with Gasteiger partial charge >= 0.3 is 0 Å². The van der Waals surface area contributed by atoms with Crippen LogP contribution in [0.4, 0.5) is 5.69 Å². The fourth-order valence-corrected chi connectivity index (χ4v) is 3.44. The Kier molecular flexibility index (Phi) is 6.69. The molecule has 0 aliphatic rings. The molecule has 2 aromatic carbocycles. The van der Waals surface area contributed by atoms with Crippen LogP contribution in [0.25, 0.3) is 0 Å². The van der Waals surface area contributed by atoms with E-state index in [0.717, 1.165) is 5.56 Å². The lowest BCUT2D eigenvalue weighted by Crippen LogP contribution is -2.07. The van der Waals surface area contributed by atoms with Gasteiger partial charge in [0.15, 0.2) is 11.5 Å². The molecule has 0 saturated heterocycles. The molecule has 8 heteroatoms. The van der Waals surface area contributed by atoms with Gasteiger partial charge in [0.2, 0.25) is 0 Å². The number of nitro benzene ring substituents is 1. The van der Waals surface area contributed by atoms with E-state index in [2.05, 4.69) is 10.2 Å². The largest absolute Gasteiger partial charge is 0.493 e. The normalized spacial score (nSPS) is 11.5. The number of methoxy groups -OCH3 is 2. The minimum absolute atomic E-state index is 0.0318. The molecule has 3 aromatic rings. The Morgan fingerprint density at radius 1 is 1.03 bits per heavy atom. The number of nitro groups is 1. The molecule has 0 saturated carbocycles. The molecule has 154 valence electrons. The third-order valence-corrected chi connectivity index (χ3v) is 4.92. The van der Waals surface area contributed by atoms with Crippen LogP contribution in [0.5, 0.6) is 11.5 Å². The average molecular weight is 407 g/mol. The zero-order valence-electron chi connectivity index (χ0n) is 16.6. The molecule has 0 fully saturated rings. The SMILES string of the molecule is COc1ccc(CCc2c(C(N=O)c3ccncc3)cccc2[N+](=O)[O-])cc1OC. The molecule has 30 heavy (non-hydrogen) atoms. The van der Waals surface area contributed by atoms with Crippen molar-refractivity contribution in [1.82, 2.24) is 4.98 Å². The molecule has 0 aliphatic carbocycles. The van der Waals surface area contributed by atoms with E-state index < -0.39 is 11.0 Å². The topological polar surface area (TPSA) is 104 Å². The van der Waals surface area contributed by atoms with E-state index in [-0.39, 0.29) is 5.69 Å². The van der Waals surface area contributed by atoms with E-state index in [4.69, 9.17) is 9.47 Å². The van der Waals surface area contributed by atoms with E-state index in [9.17, 15) is 15.0 Å². The van der Waals surface area contributed by atoms with Gasteiger partial charge in [0.1, 0.15) is 6.04 Å². The van der Waals surface area contributed by atoms with Crippen LogP contribution < -0.4 is 9.47 Å². The van der Waals surface area contributed by atoms with Crippen molar-refractivity contribution in [1.29, 1.82) is 0 Å². The molecule has 0 spiro atoms. The van der Waals surface area contributed by atoms with Crippen molar-refractivity contribution >= 4 is 5.69 Å². The van der Waals surface area contributed by atoms with Gasteiger partial charge in [0, 0.05) is 24.0 Å². The van der Waals surface area contributed by atoms with Crippen LogP contribution >= 0.6 is 0 Å². The van der Waals surface area contributed by atoms with Crippen molar-refractivity contribution in [3.05, 3.63) is 98.2 Å². The van der Waals surface area contributed by atoms with Gasteiger partial charge in [0.25, 0.3) is 5.69 Å². The summed E-state index contributed by atoms with van der Waals surface area (Å²) in [4.78, 5) is 26.9. The van der Waals surface area contributed by atoms with Crippen LogP contribution in [0.3, 0.4) is 0 Å². The highest BCUT2D eigenvalue weighted by Crippen LogP contribution is 2.34. The zero-order valence-corrected chi connectivity index (χ0v) is 16.6. The summed E-state index contributed by atoms with van der Waals surface area (Å²) in [6.07, 6.45) is 4.00. The third-order valence-electron chi connectivity index (χ3n) is 4.92. The summed E-state index contributed by atoms with van der Waals surface area (Å²) in [7, 11) is 3.11. The molecular formula is C22H21N3O5. The standard InChI is InChI=1S/C22H21N3O5/c1-29-20-9-7-15(14-21(20)30-2)6-8-17-18(4-3-5-19(17)25(27)28)22(24-26)16-10-12-23-13-11-16/h3-5,7,9-14,22H,6,8H2,1-2H3. The number of nitroso groups, excluding NO2 is 1. The summed E-state index contributed by atoms with van der Waals surface area (Å²) in [6.45, 7) is 0. The maximum absolute atomic E-state index is 11.7. The average Bonchev–Trinajstić information content (AvgIpc) is 2.78. The summed E-state index contributed by atoms with van der Waals surface area (Å²) in [5.74, 6) is 1.19. The van der Waals surface area contributed by atoms with Gasteiger partial charge < -0.3 is 9.47 Å². The first-order chi connectivity index (χ1) is 14.6. The maximum Gasteiger partial charge on any atom is 0.272 e. The van der Waals surface area contributed by atoms with Crippen molar-refractivity contribution < 1.29 is 14.4 Å². The molecule has 0 N–H and O–H groups in total. The van der Waals surface area contributed by atoms with Crippen LogP contribution in [0, 0.1) is 15.0 Å². The molecule has 3 rings (SSSR count). The van der Waals surface area contributed by atoms with E-state index in [1.54, 1.807) is 56.9 Å². The highest BCUT2D eigenvalue weighted by molar-refractivity contribution is 5.50. The van der Waals surface area contributed by atoms with Crippen molar-refractivity contribution in [3.63, 3.8) is 0 Å². The molecule has 0 aliphatic heterocycles. The molecule has 1 aromatic heterocycles. The Morgan fingerprint density at radius 3 is 2.40 bits per heavy atom. The number of hydrogen-bond acceptors (Lipinski definition) is 7. The monoisotopic (exact) mass is 407 g/mol. The number of pyridine rings is 1. The summed E-state index contributed by atoms with van der Waals surface area (Å²) >= 11 is 0. The summed E-state index contributed by atoms with van der Waals surface area (Å²) in [5.41, 5.74) is 2.53. The van der Waals surface area contributed by atoms with Gasteiger partial charge in [-0.1, -0.05) is 23.4 Å². The second-order valence-corrected chi connectivity index (χ2v) is 6.58. The zero-order chi connectivity index (χ0) is 21.5. The molecule has 1 atom stereocenters. The number of ether oxygens (including phenoxy) is 2. The lowest BCUT2D eigenvalue weighted by Gasteiger charge is -2.15. The molecule has 0 bridgehead atoms. The number of aromatic nitrogens is 1. The van der Waals surface area contributed by atoms with Gasteiger partial charge in [-0.3, -0.25) is 15.1 Å². The van der Waals surface area contributed by atoms with Crippen molar-refractivity contribution in [2.24, 2.45) is 5.18 Å². The van der Waals surface area contributed by atoms with Crippen molar-refractivity contribution in [2.75, 3.05) is 14.2 Å². The first-order valence-corrected chi connectivity index (χ1v) is 9.28. The van der Waals surface area contributed by atoms with Crippen LogP contribution in [-0.4, -0.2) is 24.1 Å². The first-order valence-electron chi connectivity index (χ1n) is 9.28. The van der Waals surface area contributed by atoms with Crippen LogP contribution in [0.2, 0.25) is 0 Å². The fraction of sp³-hybridized carbons (Fsp3) is 0.227. The number of hydrogen-bond donors (Lipinski definition) is 0. The molecule has 8 nitrogen and oxygen atoms in total. The minimum atomic E-state index is -0.853. The summed E-state index contributed by atoms with van der Waals surface area (Å²) < 4.78 is 10.6. The van der Waals surface area contributed by atoms with Crippen LogP contribution in [0.1, 0.15) is 28.3 Å². The highest BCUT2D eigenvalue weighted by Gasteiger charge is 2.24. The lowest BCUT2D eigenvalue weighted by atomic mass is 9.91. The quantitative estimate of drug-likeness (QED) is 0.291. The molecule has 1 heterocycles. The predicted octanol–water partition coefficient (Wildman–Crippen LogP) is 4.65. The minimum Gasteiger partial charge on any atom is -0.493 e. The highest BCUT2D eigenvalue weighted by atomic mass is 16.6. The van der Waals surface area contributed by atoms with Crippen molar-refractivity contribution in [2.45, 2.75) is 18.9 Å². The number of aryl methyl sites for hydroxylation is 1. The molecule has 0 radical (unpaired) electrons. The fourth-order valence-electron chi connectivity index (χ4n) is 3.44. The number of nitrogens with zero attached hydrogens (tertiary/aromatic N) is 3. The Bertz CT molecular complexity index is 1040. The molecular weight excluding hydrogens is 386 g/mol. The van der Waals surface area contributed by atoms with Gasteiger partial charge in [-0.25, -0.2) is 0 Å². The van der Waals surface area contributed by atoms with Gasteiger partial charge in [0.05, 0.1) is 19.1 Å². The van der Waals surface area contributed by atoms with E-state index in [1.807, 2.05) is 12.1 Å². The number of rotatable bonds is 9. The van der Waals surface area contributed by atoms with E-state index in [1.165, 1.54) is 6.07 Å². The first kappa shape index (κ1) is 20.9. The van der Waals surface area contributed by atoms with E-state index >= 15 is 0 Å².